The quantitative estimate of drug-likeness (QED) is 0.332. The van der Waals surface area contributed by atoms with Gasteiger partial charge in [-0.1, -0.05) is 55.3 Å². The molecule has 0 amide bonds. The molecule has 0 spiro atoms. The third kappa shape index (κ3) is 4.43. The third-order valence-electron chi connectivity index (χ3n) is 7.42. The number of fused-ring (bicyclic) bond motifs is 1. The molecule has 1 atom stereocenters. The van der Waals surface area contributed by atoms with Gasteiger partial charge in [0.25, 0.3) is 0 Å². The van der Waals surface area contributed by atoms with E-state index in [1.165, 1.54) is 37.5 Å². The fraction of sp³-hybridized carbons (Fsp3) is 0.357. The van der Waals surface area contributed by atoms with Crippen LogP contribution < -0.4 is 4.90 Å². The van der Waals surface area contributed by atoms with E-state index in [9.17, 15) is 17.6 Å². The Morgan fingerprint density at radius 1 is 1.03 bits per heavy atom. The summed E-state index contributed by atoms with van der Waals surface area (Å²) < 4.78 is 55.2. The first-order valence-electron chi connectivity index (χ1n) is 11.7. The first-order chi connectivity index (χ1) is 16.1. The van der Waals surface area contributed by atoms with E-state index >= 15 is 0 Å². The highest BCUT2D eigenvalue weighted by molar-refractivity contribution is 6.31. The van der Waals surface area contributed by atoms with Crippen molar-refractivity contribution >= 4 is 23.0 Å². The van der Waals surface area contributed by atoms with Gasteiger partial charge in [-0.15, -0.1) is 0 Å². The van der Waals surface area contributed by atoms with Gasteiger partial charge in [0.15, 0.2) is 0 Å². The molecule has 1 saturated carbocycles. The maximum Gasteiger partial charge on any atom is 0.416 e. The monoisotopic (exact) mass is 487 g/mol. The van der Waals surface area contributed by atoms with Crippen LogP contribution in [0.25, 0.3) is 11.1 Å². The van der Waals surface area contributed by atoms with E-state index < -0.39 is 17.6 Å². The molecule has 3 aromatic carbocycles. The van der Waals surface area contributed by atoms with Gasteiger partial charge in [0.2, 0.25) is 0 Å². The maximum absolute atomic E-state index is 14.7. The molecule has 2 aliphatic rings. The molecule has 0 unspecified atom stereocenters. The molecule has 1 fully saturated rings. The van der Waals surface area contributed by atoms with Gasteiger partial charge in [0.05, 0.1) is 10.6 Å². The van der Waals surface area contributed by atoms with Crippen LogP contribution in [-0.4, -0.2) is 6.54 Å². The SMILES string of the molecule is CC1(C[C@@H]2Cc3ccc(-c4cccc(Cl)c4F)cc3N(c3cccc(C(F)(F)F)c3)C2)CCC1. The molecular formula is C28H26ClF4N. The molecule has 5 rings (SSSR count). The Kier molecular flexibility index (Phi) is 5.87. The standard InChI is InChI=1S/C28H26ClF4N/c1-27(11-4-12-27)16-18-13-20-10-9-19(23-7-3-8-24(29)26(23)30)14-25(20)34(17-18)22-6-2-5-21(15-22)28(31,32)33/h2-3,5-10,14-15,18H,4,11-13,16-17H2,1H3/t18-/m0/s1. The van der Waals surface area contributed by atoms with Crippen molar-refractivity contribution in [2.24, 2.45) is 11.3 Å². The van der Waals surface area contributed by atoms with Gasteiger partial charge in [-0.2, -0.15) is 13.2 Å². The van der Waals surface area contributed by atoms with Crippen LogP contribution in [-0.2, 0) is 12.6 Å². The van der Waals surface area contributed by atoms with Crippen molar-refractivity contribution < 1.29 is 17.6 Å². The summed E-state index contributed by atoms with van der Waals surface area (Å²) in [6, 6.07) is 16.1. The molecule has 0 N–H and O–H groups in total. The van der Waals surface area contributed by atoms with Crippen molar-refractivity contribution in [2.45, 2.75) is 45.2 Å². The molecule has 0 aromatic heterocycles. The van der Waals surface area contributed by atoms with Gasteiger partial charge in [0, 0.05) is 23.5 Å². The van der Waals surface area contributed by atoms with Crippen molar-refractivity contribution in [3.63, 3.8) is 0 Å². The molecule has 1 aliphatic carbocycles. The lowest BCUT2D eigenvalue weighted by molar-refractivity contribution is -0.137. The first-order valence-corrected chi connectivity index (χ1v) is 12.0. The summed E-state index contributed by atoms with van der Waals surface area (Å²) in [6.07, 6.45) is 1.13. The van der Waals surface area contributed by atoms with Gasteiger partial charge in [-0.3, -0.25) is 0 Å². The zero-order valence-electron chi connectivity index (χ0n) is 18.9. The Morgan fingerprint density at radius 2 is 1.79 bits per heavy atom. The third-order valence-corrected chi connectivity index (χ3v) is 7.71. The molecule has 0 saturated heterocycles. The van der Waals surface area contributed by atoms with Crippen molar-refractivity contribution in [1.29, 1.82) is 0 Å². The van der Waals surface area contributed by atoms with Crippen LogP contribution in [0.4, 0.5) is 28.9 Å². The first kappa shape index (κ1) is 23.2. The van der Waals surface area contributed by atoms with Gasteiger partial charge < -0.3 is 4.90 Å². The molecule has 1 nitrogen and oxygen atoms in total. The van der Waals surface area contributed by atoms with Gasteiger partial charge in [0.1, 0.15) is 5.82 Å². The summed E-state index contributed by atoms with van der Waals surface area (Å²) in [7, 11) is 0. The van der Waals surface area contributed by atoms with Crippen molar-refractivity contribution in [3.05, 3.63) is 82.6 Å². The minimum atomic E-state index is -4.42. The summed E-state index contributed by atoms with van der Waals surface area (Å²) in [5, 5.41) is 0.0405. The second kappa shape index (κ2) is 8.60. The van der Waals surface area contributed by atoms with Crippen LogP contribution in [0, 0.1) is 17.2 Å². The molecule has 178 valence electrons. The number of halogens is 5. The molecule has 6 heteroatoms. The summed E-state index contributed by atoms with van der Waals surface area (Å²) >= 11 is 6.00. The van der Waals surface area contributed by atoms with Crippen molar-refractivity contribution in [1.82, 2.24) is 0 Å². The molecular weight excluding hydrogens is 462 g/mol. The van der Waals surface area contributed by atoms with Crippen molar-refractivity contribution in [2.75, 3.05) is 11.4 Å². The van der Waals surface area contributed by atoms with E-state index in [1.54, 1.807) is 18.2 Å². The van der Waals surface area contributed by atoms with Gasteiger partial charge in [-0.25, -0.2) is 4.39 Å². The molecule has 3 aromatic rings. The lowest BCUT2D eigenvalue weighted by Crippen LogP contribution is -2.37. The Bertz CT molecular complexity index is 1220. The van der Waals surface area contributed by atoms with E-state index in [-0.39, 0.29) is 5.02 Å². The smallest absolute Gasteiger partial charge is 0.341 e. The van der Waals surface area contributed by atoms with E-state index in [0.717, 1.165) is 30.2 Å². The van der Waals surface area contributed by atoms with E-state index in [0.29, 0.717) is 34.7 Å². The zero-order valence-corrected chi connectivity index (χ0v) is 19.7. The van der Waals surface area contributed by atoms with Crippen LogP contribution in [0.1, 0.15) is 43.7 Å². The number of alkyl halides is 3. The fourth-order valence-electron chi connectivity index (χ4n) is 5.53. The molecule has 1 aliphatic heterocycles. The number of nitrogens with zero attached hydrogens (tertiary/aromatic N) is 1. The second-order valence-corrected chi connectivity index (χ2v) is 10.4. The normalized spacial score (nSPS) is 19.5. The minimum Gasteiger partial charge on any atom is -0.341 e. The van der Waals surface area contributed by atoms with Crippen molar-refractivity contribution in [3.8, 4) is 11.1 Å². The highest BCUT2D eigenvalue weighted by Crippen LogP contribution is 2.48. The van der Waals surface area contributed by atoms with Crippen LogP contribution in [0.5, 0.6) is 0 Å². The summed E-state index contributed by atoms with van der Waals surface area (Å²) in [6.45, 7) is 2.94. The van der Waals surface area contributed by atoms with Crippen LogP contribution in [0.2, 0.25) is 5.02 Å². The molecule has 1 heterocycles. The lowest BCUT2D eigenvalue weighted by atomic mass is 9.64. The summed E-state index contributed by atoms with van der Waals surface area (Å²) in [4.78, 5) is 1.98. The Morgan fingerprint density at radius 3 is 2.50 bits per heavy atom. The van der Waals surface area contributed by atoms with Crippen LogP contribution in [0.3, 0.4) is 0 Å². The van der Waals surface area contributed by atoms with Gasteiger partial charge >= 0.3 is 6.18 Å². The fourth-order valence-corrected chi connectivity index (χ4v) is 5.70. The predicted octanol–water partition coefficient (Wildman–Crippen LogP) is 9.06. The van der Waals surface area contributed by atoms with Crippen LogP contribution in [0.15, 0.2) is 60.7 Å². The topological polar surface area (TPSA) is 3.24 Å². The van der Waals surface area contributed by atoms with E-state index in [1.807, 2.05) is 23.1 Å². The maximum atomic E-state index is 14.7. The summed E-state index contributed by atoms with van der Waals surface area (Å²) in [5.74, 6) is -0.164. The molecule has 0 radical (unpaired) electrons. The lowest BCUT2D eigenvalue weighted by Gasteiger charge is -2.44. The Balaban J connectivity index is 1.58. The van der Waals surface area contributed by atoms with E-state index in [4.69, 9.17) is 11.6 Å². The minimum absolute atomic E-state index is 0.0405. The summed E-state index contributed by atoms with van der Waals surface area (Å²) in [5.41, 5.74) is 3.07. The number of hydrogen-bond donors (Lipinski definition) is 0. The Hall–Kier alpha value is -2.53. The highest BCUT2D eigenvalue weighted by atomic mass is 35.5. The second-order valence-electron chi connectivity index (χ2n) is 10.0. The average molecular weight is 488 g/mol. The zero-order chi connectivity index (χ0) is 24.1. The number of benzene rings is 3. The van der Waals surface area contributed by atoms with Crippen LogP contribution >= 0.6 is 11.6 Å². The Labute approximate surface area is 202 Å². The van der Waals surface area contributed by atoms with Gasteiger partial charge in [-0.05, 0) is 78.5 Å². The average Bonchev–Trinajstić information content (AvgIpc) is 2.78. The van der Waals surface area contributed by atoms with E-state index in [2.05, 4.69) is 6.92 Å². The number of rotatable bonds is 4. The highest BCUT2D eigenvalue weighted by Gasteiger charge is 2.37. The molecule has 34 heavy (non-hydrogen) atoms. The number of anilines is 2. The largest absolute Gasteiger partial charge is 0.416 e. The predicted molar refractivity (Wildman–Crippen MR) is 129 cm³/mol. The number of hydrogen-bond acceptors (Lipinski definition) is 1. The molecule has 0 bridgehead atoms.